The van der Waals surface area contributed by atoms with Gasteiger partial charge in [0.25, 0.3) is 0 Å². The van der Waals surface area contributed by atoms with Crippen LogP contribution < -0.4 is 9.46 Å². The van der Waals surface area contributed by atoms with Gasteiger partial charge in [-0.05, 0) is 43.5 Å². The van der Waals surface area contributed by atoms with Gasteiger partial charge in [-0.2, -0.15) is 4.72 Å². The lowest BCUT2D eigenvalue weighted by atomic mass is 10.0. The van der Waals surface area contributed by atoms with Gasteiger partial charge in [-0.15, -0.1) is 0 Å². The number of hydrogen-bond acceptors (Lipinski definition) is 4. The number of nitrogens with zero attached hydrogens (tertiary/aromatic N) is 1. The molecule has 0 heterocycles. The van der Waals surface area contributed by atoms with Gasteiger partial charge in [-0.25, -0.2) is 8.42 Å². The molecule has 0 radical (unpaired) electrons. The molecule has 0 aliphatic carbocycles. The maximum absolute atomic E-state index is 12.5. The lowest BCUT2D eigenvalue weighted by Gasteiger charge is -2.23. The number of likely N-dealkylation sites (N-methyl/N-ethyl adjacent to an activating group) is 1. The van der Waals surface area contributed by atoms with Crippen molar-refractivity contribution in [1.82, 2.24) is 9.62 Å². The van der Waals surface area contributed by atoms with E-state index in [1.54, 1.807) is 26.2 Å². The summed E-state index contributed by atoms with van der Waals surface area (Å²) < 4.78 is 32.8. The summed E-state index contributed by atoms with van der Waals surface area (Å²) in [4.78, 5) is 13.7. The molecular weight excluding hydrogens is 316 g/mol. The fourth-order valence-electron chi connectivity index (χ4n) is 2.12. The smallest absolute Gasteiger partial charge is 0.241 e. The summed E-state index contributed by atoms with van der Waals surface area (Å²) in [5, 5.41) is 0. The first-order chi connectivity index (χ1) is 10.7. The van der Waals surface area contributed by atoms with E-state index in [0.717, 1.165) is 0 Å². The van der Waals surface area contributed by atoms with Crippen LogP contribution in [0.1, 0.15) is 27.2 Å². The number of benzene rings is 1. The molecule has 0 spiro atoms. The number of nitrogens with one attached hydrogen (secondary N) is 1. The van der Waals surface area contributed by atoms with E-state index >= 15 is 0 Å². The van der Waals surface area contributed by atoms with Gasteiger partial charge in [0.05, 0.1) is 11.5 Å². The molecule has 130 valence electrons. The number of sulfonamides is 1. The van der Waals surface area contributed by atoms with Crippen LogP contribution in [0, 0.1) is 5.92 Å². The minimum Gasteiger partial charge on any atom is -0.494 e. The summed E-state index contributed by atoms with van der Waals surface area (Å²) in [7, 11) is -0.545. The van der Waals surface area contributed by atoms with Gasteiger partial charge in [0.1, 0.15) is 11.8 Å². The summed E-state index contributed by atoms with van der Waals surface area (Å²) >= 11 is 0. The molecule has 0 fully saturated rings. The van der Waals surface area contributed by atoms with Crippen LogP contribution in [0.5, 0.6) is 5.75 Å². The third-order valence-corrected chi connectivity index (χ3v) is 4.68. The fraction of sp³-hybridized carbons (Fsp3) is 0.562. The Labute approximate surface area is 138 Å². The molecule has 6 nitrogen and oxygen atoms in total. The fourth-order valence-corrected chi connectivity index (χ4v) is 3.32. The summed E-state index contributed by atoms with van der Waals surface area (Å²) in [6.45, 7) is 6.26. The summed E-state index contributed by atoms with van der Waals surface area (Å²) in [6, 6.07) is 5.37. The molecule has 23 heavy (non-hydrogen) atoms. The molecule has 1 N–H and O–H groups in total. The molecular formula is C16H26N2O4S. The maximum atomic E-state index is 12.5. The van der Waals surface area contributed by atoms with E-state index in [1.807, 2.05) is 20.8 Å². The van der Waals surface area contributed by atoms with Crippen molar-refractivity contribution in [2.45, 2.75) is 38.1 Å². The summed E-state index contributed by atoms with van der Waals surface area (Å²) in [5.41, 5.74) is 0. The predicted molar refractivity (Wildman–Crippen MR) is 89.9 cm³/mol. The Morgan fingerprint density at radius 3 is 2.22 bits per heavy atom. The lowest BCUT2D eigenvalue weighted by Crippen LogP contribution is -2.46. The van der Waals surface area contributed by atoms with Gasteiger partial charge in [0.2, 0.25) is 15.9 Å². The van der Waals surface area contributed by atoms with E-state index < -0.39 is 16.1 Å². The number of carbonyl (C=O) groups is 1. The molecule has 1 aromatic carbocycles. The van der Waals surface area contributed by atoms with Gasteiger partial charge in [0.15, 0.2) is 0 Å². The van der Waals surface area contributed by atoms with Crippen molar-refractivity contribution in [3.05, 3.63) is 24.3 Å². The molecule has 0 aliphatic rings. The lowest BCUT2D eigenvalue weighted by molar-refractivity contribution is -0.130. The average molecular weight is 342 g/mol. The minimum atomic E-state index is -3.77. The van der Waals surface area contributed by atoms with E-state index in [4.69, 9.17) is 4.74 Å². The van der Waals surface area contributed by atoms with E-state index in [1.165, 1.54) is 17.0 Å². The molecule has 0 saturated carbocycles. The van der Waals surface area contributed by atoms with Crippen LogP contribution in [-0.4, -0.2) is 46.0 Å². The van der Waals surface area contributed by atoms with Crippen LogP contribution >= 0.6 is 0 Å². The zero-order valence-electron chi connectivity index (χ0n) is 14.4. The second kappa shape index (κ2) is 8.31. The molecule has 0 unspecified atom stereocenters. The second-order valence-corrected chi connectivity index (χ2v) is 7.65. The highest BCUT2D eigenvalue weighted by Gasteiger charge is 2.27. The highest BCUT2D eigenvalue weighted by Crippen LogP contribution is 2.17. The van der Waals surface area contributed by atoms with E-state index in [0.29, 0.717) is 18.8 Å². The Bertz CT molecular complexity index is 609. The molecule has 0 bridgehead atoms. The standard InChI is InChI=1S/C16H26N2O4S/c1-6-22-13-7-9-14(10-8-13)23(20,21)17-15(11-12(2)3)16(19)18(4)5/h7-10,12,15,17H,6,11H2,1-5H3/t15-/m0/s1. The molecule has 1 rings (SSSR count). The van der Waals surface area contributed by atoms with Gasteiger partial charge >= 0.3 is 0 Å². The molecule has 7 heteroatoms. The first kappa shape index (κ1) is 19.4. The van der Waals surface area contributed by atoms with Gasteiger partial charge in [-0.1, -0.05) is 13.8 Å². The largest absolute Gasteiger partial charge is 0.494 e. The highest BCUT2D eigenvalue weighted by molar-refractivity contribution is 7.89. The van der Waals surface area contributed by atoms with Gasteiger partial charge in [0, 0.05) is 14.1 Å². The molecule has 1 amide bonds. The number of hydrogen-bond donors (Lipinski definition) is 1. The number of rotatable bonds is 8. The second-order valence-electron chi connectivity index (χ2n) is 5.94. The number of amides is 1. The van der Waals surface area contributed by atoms with Crippen LogP contribution in [0.15, 0.2) is 29.2 Å². The zero-order valence-corrected chi connectivity index (χ0v) is 15.2. The number of carbonyl (C=O) groups excluding carboxylic acids is 1. The first-order valence-corrected chi connectivity index (χ1v) is 9.12. The monoisotopic (exact) mass is 342 g/mol. The Morgan fingerprint density at radius 1 is 1.22 bits per heavy atom. The first-order valence-electron chi connectivity index (χ1n) is 7.63. The maximum Gasteiger partial charge on any atom is 0.241 e. The van der Waals surface area contributed by atoms with Crippen molar-refractivity contribution in [2.75, 3.05) is 20.7 Å². The molecule has 0 saturated heterocycles. The SMILES string of the molecule is CCOc1ccc(S(=O)(=O)N[C@@H](CC(C)C)C(=O)N(C)C)cc1. The van der Waals surface area contributed by atoms with E-state index in [2.05, 4.69) is 4.72 Å². The Morgan fingerprint density at radius 2 is 1.78 bits per heavy atom. The Balaban J connectivity index is 2.98. The van der Waals surface area contributed by atoms with Crippen LogP contribution in [-0.2, 0) is 14.8 Å². The van der Waals surface area contributed by atoms with Crippen molar-refractivity contribution >= 4 is 15.9 Å². The van der Waals surface area contributed by atoms with Crippen LogP contribution in [0.4, 0.5) is 0 Å². The minimum absolute atomic E-state index is 0.112. The highest BCUT2D eigenvalue weighted by atomic mass is 32.2. The van der Waals surface area contributed by atoms with Crippen molar-refractivity contribution in [2.24, 2.45) is 5.92 Å². The summed E-state index contributed by atoms with van der Waals surface area (Å²) in [5.74, 6) is 0.537. The number of ether oxygens (including phenoxy) is 1. The van der Waals surface area contributed by atoms with Gasteiger partial charge in [-0.3, -0.25) is 4.79 Å². The van der Waals surface area contributed by atoms with Crippen molar-refractivity contribution < 1.29 is 17.9 Å². The van der Waals surface area contributed by atoms with Crippen molar-refractivity contribution in [3.8, 4) is 5.75 Å². The molecule has 0 aliphatic heterocycles. The van der Waals surface area contributed by atoms with Crippen LogP contribution in [0.25, 0.3) is 0 Å². The van der Waals surface area contributed by atoms with E-state index in [-0.39, 0.29) is 16.7 Å². The van der Waals surface area contributed by atoms with Crippen LogP contribution in [0.2, 0.25) is 0 Å². The third kappa shape index (κ3) is 5.84. The van der Waals surface area contributed by atoms with Gasteiger partial charge < -0.3 is 9.64 Å². The Kier molecular flexibility index (Phi) is 7.02. The third-order valence-electron chi connectivity index (χ3n) is 3.19. The van der Waals surface area contributed by atoms with Crippen molar-refractivity contribution in [1.29, 1.82) is 0 Å². The molecule has 0 aromatic heterocycles. The predicted octanol–water partition coefficient (Wildman–Crippen LogP) is 1.87. The average Bonchev–Trinajstić information content (AvgIpc) is 2.46. The zero-order chi connectivity index (χ0) is 17.6. The topological polar surface area (TPSA) is 75.7 Å². The normalized spacial score (nSPS) is 13.0. The quantitative estimate of drug-likeness (QED) is 0.782. The van der Waals surface area contributed by atoms with E-state index in [9.17, 15) is 13.2 Å². The Hall–Kier alpha value is -1.60. The van der Waals surface area contributed by atoms with Crippen LogP contribution in [0.3, 0.4) is 0 Å². The molecule has 1 aromatic rings. The van der Waals surface area contributed by atoms with Crippen molar-refractivity contribution in [3.63, 3.8) is 0 Å². The molecule has 1 atom stereocenters. The summed E-state index contributed by atoms with van der Waals surface area (Å²) in [6.07, 6.45) is 0.438.